The Bertz CT molecular complexity index is 241. The SMILES string of the molecule is [B]CCCN(CCCC)CN=C/C(C)=C\N=C. The number of hydrogen-bond acceptors (Lipinski definition) is 3. The van der Waals surface area contributed by atoms with E-state index in [0.717, 1.165) is 38.1 Å². The van der Waals surface area contributed by atoms with E-state index >= 15 is 0 Å². The van der Waals surface area contributed by atoms with Gasteiger partial charge >= 0.3 is 0 Å². The number of nitrogens with zero attached hydrogens (tertiary/aromatic N) is 3. The molecule has 0 aromatic rings. The van der Waals surface area contributed by atoms with Crippen LogP contribution in [0.4, 0.5) is 0 Å². The number of allylic oxidation sites excluding steroid dienone is 1. The van der Waals surface area contributed by atoms with Crippen LogP contribution in [0.1, 0.15) is 33.1 Å². The average molecular weight is 233 g/mol. The van der Waals surface area contributed by atoms with Gasteiger partial charge in [-0.1, -0.05) is 19.7 Å². The van der Waals surface area contributed by atoms with Gasteiger partial charge in [0.05, 0.1) is 14.5 Å². The van der Waals surface area contributed by atoms with Gasteiger partial charge in [-0.05, 0) is 45.1 Å². The Hall–Kier alpha value is -0.895. The molecule has 0 aliphatic heterocycles. The maximum Gasteiger partial charge on any atom is 0.0909 e. The maximum atomic E-state index is 5.53. The Morgan fingerprint density at radius 3 is 2.65 bits per heavy atom. The van der Waals surface area contributed by atoms with Gasteiger partial charge in [-0.3, -0.25) is 14.9 Å². The first-order chi connectivity index (χ1) is 8.24. The first-order valence-electron chi connectivity index (χ1n) is 6.29. The van der Waals surface area contributed by atoms with Gasteiger partial charge in [0, 0.05) is 12.4 Å². The van der Waals surface area contributed by atoms with Crippen LogP contribution in [0.15, 0.2) is 21.8 Å². The molecule has 0 aromatic carbocycles. The number of hydrogen-bond donors (Lipinski definition) is 0. The summed E-state index contributed by atoms with van der Waals surface area (Å²) in [5.41, 5.74) is 1.02. The van der Waals surface area contributed by atoms with Gasteiger partial charge in [-0.2, -0.15) is 0 Å². The second kappa shape index (κ2) is 11.6. The highest BCUT2D eigenvalue weighted by atomic mass is 15.2. The molecule has 0 saturated carbocycles. The van der Waals surface area contributed by atoms with E-state index < -0.39 is 0 Å². The summed E-state index contributed by atoms with van der Waals surface area (Å²) in [6, 6.07) is 0. The van der Waals surface area contributed by atoms with Crippen LogP contribution in [0.5, 0.6) is 0 Å². The third kappa shape index (κ3) is 10.0. The van der Waals surface area contributed by atoms with Gasteiger partial charge in [0.25, 0.3) is 0 Å². The van der Waals surface area contributed by atoms with Crippen LogP contribution in [0.2, 0.25) is 6.32 Å². The van der Waals surface area contributed by atoms with Crippen LogP contribution in [-0.4, -0.2) is 45.4 Å². The van der Waals surface area contributed by atoms with E-state index in [1.807, 2.05) is 13.1 Å². The van der Waals surface area contributed by atoms with Crippen molar-refractivity contribution in [2.45, 2.75) is 39.4 Å². The standard InChI is InChI=1S/C13H24BN3/c1-4-5-8-17(9-6-7-14)12-16-11-13(2)10-15-3/h10-11H,3-9,12H2,1-2H3/b13-10-,16-11?. The molecule has 0 N–H and O–H groups in total. The zero-order chi connectivity index (χ0) is 12.9. The molecule has 4 heteroatoms. The molecule has 0 aliphatic rings. The normalized spacial score (nSPS) is 12.5. The summed E-state index contributed by atoms with van der Waals surface area (Å²) in [5.74, 6) is 0. The van der Waals surface area contributed by atoms with Crippen molar-refractivity contribution in [1.29, 1.82) is 0 Å². The van der Waals surface area contributed by atoms with Crippen molar-refractivity contribution in [3.63, 3.8) is 0 Å². The highest BCUT2D eigenvalue weighted by Crippen LogP contribution is 1.99. The lowest BCUT2D eigenvalue weighted by Gasteiger charge is -2.19. The van der Waals surface area contributed by atoms with Crippen LogP contribution in [0.3, 0.4) is 0 Å². The maximum absolute atomic E-state index is 5.53. The second-order valence-electron chi connectivity index (χ2n) is 4.12. The Labute approximate surface area is 107 Å². The molecule has 0 bridgehead atoms. The molecule has 0 heterocycles. The fraction of sp³-hybridized carbons (Fsp3) is 0.692. The summed E-state index contributed by atoms with van der Waals surface area (Å²) in [6.45, 7) is 10.4. The predicted octanol–water partition coefficient (Wildman–Crippen LogP) is 2.70. The Morgan fingerprint density at radius 1 is 1.35 bits per heavy atom. The lowest BCUT2D eigenvalue weighted by molar-refractivity contribution is 0.279. The molecule has 0 amide bonds. The summed E-state index contributed by atoms with van der Waals surface area (Å²) >= 11 is 0. The molecular formula is C13H24BN3. The van der Waals surface area contributed by atoms with Crippen molar-refractivity contribution in [2.75, 3.05) is 19.8 Å². The number of rotatable bonds is 10. The Kier molecular flexibility index (Phi) is 11.0. The summed E-state index contributed by atoms with van der Waals surface area (Å²) in [6.07, 6.45) is 7.75. The average Bonchev–Trinajstić information content (AvgIpc) is 2.32. The molecule has 0 rings (SSSR count). The third-order valence-corrected chi connectivity index (χ3v) is 2.38. The summed E-state index contributed by atoms with van der Waals surface area (Å²) in [4.78, 5) is 10.4. The van der Waals surface area contributed by atoms with Gasteiger partial charge in [0.1, 0.15) is 0 Å². The zero-order valence-electron chi connectivity index (χ0n) is 11.2. The smallest absolute Gasteiger partial charge is 0.0909 e. The molecule has 17 heavy (non-hydrogen) atoms. The monoisotopic (exact) mass is 233 g/mol. The van der Waals surface area contributed by atoms with E-state index in [1.54, 1.807) is 6.20 Å². The fourth-order valence-electron chi connectivity index (χ4n) is 1.43. The highest BCUT2D eigenvalue weighted by Gasteiger charge is 2.01. The molecule has 0 unspecified atom stereocenters. The Balaban J connectivity index is 4.04. The van der Waals surface area contributed by atoms with Crippen molar-refractivity contribution < 1.29 is 0 Å². The van der Waals surface area contributed by atoms with Crippen molar-refractivity contribution >= 4 is 20.8 Å². The minimum atomic E-state index is 0.738. The van der Waals surface area contributed by atoms with Gasteiger partial charge in [0.2, 0.25) is 0 Å². The van der Waals surface area contributed by atoms with Crippen LogP contribution in [0, 0.1) is 0 Å². The molecule has 0 spiro atoms. The minimum absolute atomic E-state index is 0.738. The van der Waals surface area contributed by atoms with E-state index in [9.17, 15) is 0 Å². The fourth-order valence-corrected chi connectivity index (χ4v) is 1.43. The van der Waals surface area contributed by atoms with E-state index in [0.29, 0.717) is 0 Å². The van der Waals surface area contributed by atoms with Crippen molar-refractivity contribution in [3.05, 3.63) is 11.8 Å². The van der Waals surface area contributed by atoms with Crippen LogP contribution in [0.25, 0.3) is 0 Å². The van der Waals surface area contributed by atoms with Crippen molar-refractivity contribution in [3.8, 4) is 0 Å². The topological polar surface area (TPSA) is 28.0 Å². The van der Waals surface area contributed by atoms with Crippen LogP contribution in [-0.2, 0) is 0 Å². The van der Waals surface area contributed by atoms with Crippen molar-refractivity contribution in [2.24, 2.45) is 9.98 Å². The highest BCUT2D eigenvalue weighted by molar-refractivity contribution is 6.08. The van der Waals surface area contributed by atoms with Gasteiger partial charge < -0.3 is 0 Å². The van der Waals surface area contributed by atoms with Crippen LogP contribution < -0.4 is 0 Å². The predicted molar refractivity (Wildman–Crippen MR) is 78.3 cm³/mol. The molecule has 3 nitrogen and oxygen atoms in total. The summed E-state index contributed by atoms with van der Waals surface area (Å²) < 4.78 is 0. The number of unbranched alkanes of at least 4 members (excludes halogenated alkanes) is 1. The third-order valence-electron chi connectivity index (χ3n) is 2.38. The largest absolute Gasteiger partial charge is 0.285 e. The molecule has 94 valence electrons. The molecule has 0 aromatic heterocycles. The molecule has 2 radical (unpaired) electrons. The lowest BCUT2D eigenvalue weighted by Crippen LogP contribution is -2.26. The van der Waals surface area contributed by atoms with Crippen LogP contribution >= 0.6 is 0 Å². The van der Waals surface area contributed by atoms with Gasteiger partial charge in [-0.15, -0.1) is 0 Å². The summed E-state index contributed by atoms with van der Waals surface area (Å²) in [5, 5.41) is 0. The molecule has 0 fully saturated rings. The second-order valence-corrected chi connectivity index (χ2v) is 4.12. The van der Waals surface area contributed by atoms with Gasteiger partial charge in [0.15, 0.2) is 0 Å². The quantitative estimate of drug-likeness (QED) is 0.421. The first kappa shape index (κ1) is 16.1. The van der Waals surface area contributed by atoms with Crippen molar-refractivity contribution in [1.82, 2.24) is 4.90 Å². The van der Waals surface area contributed by atoms with Gasteiger partial charge in [-0.25, -0.2) is 0 Å². The van der Waals surface area contributed by atoms with E-state index in [4.69, 9.17) is 7.85 Å². The van der Waals surface area contributed by atoms with E-state index in [1.165, 1.54) is 12.8 Å². The summed E-state index contributed by atoms with van der Waals surface area (Å²) in [7, 11) is 5.53. The molecular weight excluding hydrogens is 209 g/mol. The first-order valence-corrected chi connectivity index (χ1v) is 6.29. The lowest BCUT2D eigenvalue weighted by atomic mass is 10.0. The minimum Gasteiger partial charge on any atom is -0.285 e. The molecule has 0 aliphatic carbocycles. The number of aliphatic imine (C=N–C) groups is 2. The zero-order valence-corrected chi connectivity index (χ0v) is 11.2. The van der Waals surface area contributed by atoms with E-state index in [-0.39, 0.29) is 0 Å². The Morgan fingerprint density at radius 2 is 2.06 bits per heavy atom. The van der Waals surface area contributed by atoms with E-state index in [2.05, 4.69) is 28.5 Å². The molecule has 0 atom stereocenters. The molecule has 0 saturated heterocycles.